The van der Waals surface area contributed by atoms with Crippen molar-refractivity contribution in [3.63, 3.8) is 0 Å². The highest BCUT2D eigenvalue weighted by Gasteiger charge is 2.70. The number of amides is 1. The summed E-state index contributed by atoms with van der Waals surface area (Å²) in [5.74, 6) is 1.90. The van der Waals surface area contributed by atoms with E-state index in [1.54, 1.807) is 13.0 Å². The number of halogens is 1. The molecule has 6 aliphatic heterocycles. The van der Waals surface area contributed by atoms with E-state index in [0.29, 0.717) is 47.1 Å². The largest absolute Gasteiger partial charge is 0.437 e. The van der Waals surface area contributed by atoms with Crippen LogP contribution in [-0.4, -0.2) is 58.6 Å². The van der Waals surface area contributed by atoms with E-state index < -0.39 is 40.4 Å². The van der Waals surface area contributed by atoms with Gasteiger partial charge in [-0.2, -0.15) is 0 Å². The standard InChI is InChI=1S/C42H59FN2O8/c1-22-16-27(43)18-28(17-22)44-38(46)49-45-33(37-26(5)32-11-9-24(3)30-13-15-40(7)21-36(48-37)42(30,32)53-51-40)19-34-25(4)31-10-8-23(2)29-12-14-39(6)20-35(47-34)41(29,31)52-50-39/h16-18,23-26,29-32,34-37H,8-15,19-21H2,1-7H3,(H,44,46)/b45-33-/t23-,24-,25-,26-,29+,30+,31+,32+,34-,35-,36-,37+,39-,40-,41-,42-/m1/s1. The van der Waals surface area contributed by atoms with E-state index >= 15 is 0 Å². The lowest BCUT2D eigenvalue weighted by Gasteiger charge is -2.62. The summed E-state index contributed by atoms with van der Waals surface area (Å²) in [5, 5.41) is 7.35. The first-order valence-electron chi connectivity index (χ1n) is 20.6. The average Bonchev–Trinajstić information content (AvgIpc) is 3.48. The van der Waals surface area contributed by atoms with Crippen LogP contribution in [-0.2, 0) is 33.9 Å². The summed E-state index contributed by atoms with van der Waals surface area (Å²) in [7, 11) is 0. The first kappa shape index (κ1) is 36.5. The van der Waals surface area contributed by atoms with Gasteiger partial charge in [0.05, 0.1) is 24.0 Å². The second-order valence-corrected chi connectivity index (χ2v) is 19.2. The van der Waals surface area contributed by atoms with Crippen LogP contribution in [0.5, 0.6) is 0 Å². The van der Waals surface area contributed by atoms with Gasteiger partial charge in [0.25, 0.3) is 0 Å². The van der Waals surface area contributed by atoms with Crippen LogP contribution in [0.2, 0.25) is 0 Å². The molecular weight excluding hydrogens is 679 g/mol. The van der Waals surface area contributed by atoms with Gasteiger partial charge in [-0.3, -0.25) is 10.2 Å². The minimum absolute atomic E-state index is 0.0123. The van der Waals surface area contributed by atoms with E-state index in [2.05, 4.69) is 52.0 Å². The summed E-state index contributed by atoms with van der Waals surface area (Å²) in [6.45, 7) is 15.3. The Hall–Kier alpha value is -2.15. The predicted molar refractivity (Wildman–Crippen MR) is 194 cm³/mol. The fourth-order valence-corrected chi connectivity index (χ4v) is 13.1. The van der Waals surface area contributed by atoms with Crippen molar-refractivity contribution >= 4 is 17.5 Å². The molecule has 2 spiro atoms. The Morgan fingerprint density at radius 2 is 1.38 bits per heavy atom. The highest BCUT2D eigenvalue weighted by atomic mass is 19.1. The summed E-state index contributed by atoms with van der Waals surface area (Å²) in [5.41, 5.74) is -0.153. The maximum atomic E-state index is 14.2. The molecule has 4 aliphatic carbocycles. The zero-order valence-electron chi connectivity index (χ0n) is 32.5. The van der Waals surface area contributed by atoms with Crippen molar-refractivity contribution in [2.45, 2.75) is 166 Å². The van der Waals surface area contributed by atoms with Crippen LogP contribution in [0.4, 0.5) is 14.9 Å². The molecule has 1 amide bonds. The number of ether oxygens (including phenoxy) is 2. The number of aryl methyl sites for hydroxylation is 1. The quantitative estimate of drug-likeness (QED) is 0.138. The molecule has 0 aromatic heterocycles. The Labute approximate surface area is 313 Å². The lowest BCUT2D eigenvalue weighted by Crippen LogP contribution is -2.71. The Kier molecular flexibility index (Phi) is 8.91. The van der Waals surface area contributed by atoms with Crippen LogP contribution in [0, 0.1) is 60.1 Å². The van der Waals surface area contributed by atoms with Crippen molar-refractivity contribution in [3.8, 4) is 0 Å². The Morgan fingerprint density at radius 3 is 1.98 bits per heavy atom. The number of anilines is 1. The number of hydrogen-bond donors (Lipinski definition) is 1. The fraction of sp³-hybridized carbons (Fsp3) is 0.810. The molecule has 53 heavy (non-hydrogen) atoms. The molecule has 6 heterocycles. The molecule has 0 unspecified atom stereocenters. The number of carbonyl (C=O) groups is 1. The van der Waals surface area contributed by atoms with Gasteiger partial charge in [0.1, 0.15) is 34.3 Å². The minimum atomic E-state index is -0.781. The number of rotatable bonds is 5. The van der Waals surface area contributed by atoms with Crippen LogP contribution in [0.3, 0.4) is 0 Å². The van der Waals surface area contributed by atoms with Gasteiger partial charge in [0.15, 0.2) is 0 Å². The third-order valence-corrected chi connectivity index (χ3v) is 15.8. The van der Waals surface area contributed by atoms with Crippen molar-refractivity contribution in [1.29, 1.82) is 0 Å². The molecule has 11 rings (SSSR count). The van der Waals surface area contributed by atoms with Gasteiger partial charge in [-0.15, -0.1) is 0 Å². The van der Waals surface area contributed by atoms with E-state index in [1.165, 1.54) is 12.1 Å². The highest BCUT2D eigenvalue weighted by molar-refractivity contribution is 5.91. The average molecular weight is 739 g/mol. The van der Waals surface area contributed by atoms with E-state index in [4.69, 9.17) is 33.9 Å². The van der Waals surface area contributed by atoms with Gasteiger partial charge in [-0.05, 0) is 143 Å². The molecule has 292 valence electrons. The molecule has 6 saturated heterocycles. The van der Waals surface area contributed by atoms with Crippen molar-refractivity contribution in [2.24, 2.45) is 52.5 Å². The lowest BCUT2D eigenvalue weighted by molar-refractivity contribution is -0.487. The number of benzene rings is 1. The number of nitrogens with zero attached hydrogens (tertiary/aromatic N) is 1. The molecule has 1 aromatic carbocycles. The Balaban J connectivity index is 1.05. The van der Waals surface area contributed by atoms with Crippen molar-refractivity contribution in [2.75, 3.05) is 5.32 Å². The highest BCUT2D eigenvalue weighted by Crippen LogP contribution is 2.63. The first-order chi connectivity index (χ1) is 25.2. The molecule has 1 N–H and O–H groups in total. The van der Waals surface area contributed by atoms with Gasteiger partial charge in [-0.1, -0.05) is 32.9 Å². The van der Waals surface area contributed by atoms with Crippen LogP contribution in [0.1, 0.15) is 118 Å². The van der Waals surface area contributed by atoms with Crippen LogP contribution >= 0.6 is 0 Å². The van der Waals surface area contributed by atoms with Gasteiger partial charge < -0.3 is 9.47 Å². The monoisotopic (exact) mass is 738 g/mol. The molecule has 11 heteroatoms. The molecular formula is C42H59FN2O8. The third kappa shape index (κ3) is 5.75. The molecule has 4 bridgehead atoms. The third-order valence-electron chi connectivity index (χ3n) is 15.8. The van der Waals surface area contributed by atoms with E-state index in [-0.39, 0.29) is 42.0 Å². The maximum Gasteiger partial charge on any atom is 0.437 e. The zero-order valence-corrected chi connectivity index (χ0v) is 32.5. The number of nitrogens with one attached hydrogen (secondary N) is 1. The summed E-state index contributed by atoms with van der Waals surface area (Å²) in [6.07, 6.45) is 8.62. The number of hydrogen-bond acceptors (Lipinski definition) is 9. The lowest BCUT2D eigenvalue weighted by atomic mass is 9.55. The van der Waals surface area contributed by atoms with Crippen molar-refractivity contribution < 1.29 is 43.0 Å². The second kappa shape index (κ2) is 12.9. The Bertz CT molecular complexity index is 1620. The molecule has 4 saturated carbocycles. The van der Waals surface area contributed by atoms with Crippen molar-refractivity contribution in [3.05, 3.63) is 29.6 Å². The van der Waals surface area contributed by atoms with E-state index in [0.717, 1.165) is 64.2 Å². The smallest absolute Gasteiger partial charge is 0.371 e. The molecule has 1 aromatic rings. The number of fused-ring (bicyclic) bond motifs is 4. The second-order valence-electron chi connectivity index (χ2n) is 19.2. The molecule has 0 radical (unpaired) electrons. The SMILES string of the molecule is Cc1cc(F)cc(NC(=O)O/N=C(/C[C@H]2O[C@@H]3C[C@@]4(C)CC[C@H]5[C@H](C)CC[C@@H]([C@H]2C)[C@@]35OO4)[C@H]2O[C@@H]3C[C@@]4(C)CC[C@H]5[C@H](C)CC[C@@H]([C@H]2C)[C@@]35OO4)c1. The summed E-state index contributed by atoms with van der Waals surface area (Å²) >= 11 is 0. The molecule has 10 aliphatic rings. The normalized spacial score (nSPS) is 50.0. The van der Waals surface area contributed by atoms with Gasteiger partial charge in [0.2, 0.25) is 0 Å². The van der Waals surface area contributed by atoms with Gasteiger partial charge in [-0.25, -0.2) is 28.7 Å². The van der Waals surface area contributed by atoms with E-state index in [1.807, 2.05) is 0 Å². The van der Waals surface area contributed by atoms with Gasteiger partial charge >= 0.3 is 6.09 Å². The maximum absolute atomic E-state index is 14.2. The molecule has 10 nitrogen and oxygen atoms in total. The zero-order chi connectivity index (χ0) is 37.1. The number of oxime groups is 1. The minimum Gasteiger partial charge on any atom is -0.371 e. The van der Waals surface area contributed by atoms with Crippen LogP contribution < -0.4 is 5.32 Å². The van der Waals surface area contributed by atoms with Crippen molar-refractivity contribution in [1.82, 2.24) is 0 Å². The fourth-order valence-electron chi connectivity index (χ4n) is 13.1. The van der Waals surface area contributed by atoms with Crippen LogP contribution in [0.15, 0.2) is 23.4 Å². The van der Waals surface area contributed by atoms with E-state index in [9.17, 15) is 9.18 Å². The number of carbonyl (C=O) groups excluding carboxylic acids is 1. The summed E-state index contributed by atoms with van der Waals surface area (Å²) in [4.78, 5) is 44.7. The summed E-state index contributed by atoms with van der Waals surface area (Å²) in [6, 6.07) is 4.38. The molecule has 10 fully saturated rings. The first-order valence-corrected chi connectivity index (χ1v) is 20.6. The Morgan fingerprint density at radius 1 is 0.792 bits per heavy atom. The molecule has 16 atom stereocenters. The van der Waals surface area contributed by atoms with Gasteiger partial charge in [0, 0.05) is 24.9 Å². The van der Waals surface area contributed by atoms with Crippen LogP contribution in [0.25, 0.3) is 0 Å². The topological polar surface area (TPSA) is 106 Å². The predicted octanol–water partition coefficient (Wildman–Crippen LogP) is 8.85. The summed E-state index contributed by atoms with van der Waals surface area (Å²) < 4.78 is 28.7.